The van der Waals surface area contributed by atoms with Crippen LogP contribution in [0.3, 0.4) is 0 Å². The topological polar surface area (TPSA) is 98.5 Å². The maximum absolute atomic E-state index is 12.0. The van der Waals surface area contributed by atoms with Crippen molar-refractivity contribution in [2.24, 2.45) is 5.14 Å². The van der Waals surface area contributed by atoms with Gasteiger partial charge in [-0.15, -0.1) is 11.3 Å². The highest BCUT2D eigenvalue weighted by atomic mass is 32.2. The van der Waals surface area contributed by atoms with Crippen LogP contribution < -0.4 is 10.5 Å². The maximum Gasteiger partial charge on any atom is 0.252 e. The Morgan fingerprint density at radius 1 is 1.53 bits per heavy atom. The zero-order chi connectivity index (χ0) is 14.0. The molecule has 0 saturated heterocycles. The van der Waals surface area contributed by atoms with Gasteiger partial charge < -0.3 is 10.1 Å². The first-order valence-corrected chi connectivity index (χ1v) is 8.27. The Labute approximate surface area is 116 Å². The molecule has 0 radical (unpaired) electrons. The molecular formula is C11H16N2O4S2. The molecular weight excluding hydrogens is 288 g/mol. The Bertz CT molecular complexity index is 567. The summed E-state index contributed by atoms with van der Waals surface area (Å²) in [6.45, 7) is 0. The summed E-state index contributed by atoms with van der Waals surface area (Å²) in [7, 11) is -2.08. The number of rotatable bonds is 4. The number of primary sulfonamides is 1. The number of amides is 1. The van der Waals surface area contributed by atoms with Crippen molar-refractivity contribution >= 4 is 27.3 Å². The van der Waals surface area contributed by atoms with Crippen LogP contribution >= 0.6 is 11.3 Å². The highest BCUT2D eigenvalue weighted by Gasteiger charge is 2.26. The summed E-state index contributed by atoms with van der Waals surface area (Å²) in [5.41, 5.74) is 0.329. The molecule has 0 aromatic carbocycles. The first-order valence-electron chi connectivity index (χ1n) is 5.85. The van der Waals surface area contributed by atoms with Gasteiger partial charge in [-0.2, -0.15) is 0 Å². The number of methoxy groups -OCH3 is 1. The fourth-order valence-electron chi connectivity index (χ4n) is 2.14. The second-order valence-electron chi connectivity index (χ2n) is 4.54. The van der Waals surface area contributed by atoms with E-state index in [2.05, 4.69) is 5.32 Å². The molecule has 19 heavy (non-hydrogen) atoms. The van der Waals surface area contributed by atoms with Gasteiger partial charge in [0.15, 0.2) is 0 Å². The van der Waals surface area contributed by atoms with Crippen molar-refractivity contribution in [3.63, 3.8) is 0 Å². The lowest BCUT2D eigenvalue weighted by atomic mass is 10.2. The molecule has 6 nitrogen and oxygen atoms in total. The number of ether oxygens (including phenoxy) is 1. The second kappa shape index (κ2) is 5.58. The SMILES string of the molecule is COC1CCC(NC(=O)c2csc(S(N)(=O)=O)c2)C1. The third-order valence-corrected chi connectivity index (χ3v) is 5.56. The van der Waals surface area contributed by atoms with E-state index in [-0.39, 0.29) is 22.3 Å². The summed E-state index contributed by atoms with van der Waals surface area (Å²) in [5, 5.41) is 9.38. The van der Waals surface area contributed by atoms with Gasteiger partial charge in [0.1, 0.15) is 4.21 Å². The minimum Gasteiger partial charge on any atom is -0.381 e. The van der Waals surface area contributed by atoms with Crippen LogP contribution in [0.5, 0.6) is 0 Å². The Kier molecular flexibility index (Phi) is 4.24. The van der Waals surface area contributed by atoms with Gasteiger partial charge in [0, 0.05) is 18.5 Å². The fourth-order valence-corrected chi connectivity index (χ4v) is 3.72. The van der Waals surface area contributed by atoms with E-state index >= 15 is 0 Å². The van der Waals surface area contributed by atoms with E-state index in [4.69, 9.17) is 9.88 Å². The van der Waals surface area contributed by atoms with Crippen molar-refractivity contribution in [2.75, 3.05) is 7.11 Å². The molecule has 1 heterocycles. The Balaban J connectivity index is 1.99. The summed E-state index contributed by atoms with van der Waals surface area (Å²) in [6.07, 6.45) is 2.77. The average Bonchev–Trinajstić information content (AvgIpc) is 2.96. The molecule has 1 aromatic heterocycles. The molecule has 1 aliphatic carbocycles. The number of hydrogen-bond acceptors (Lipinski definition) is 5. The summed E-state index contributed by atoms with van der Waals surface area (Å²) in [5.74, 6) is -0.270. The van der Waals surface area contributed by atoms with Crippen molar-refractivity contribution in [2.45, 2.75) is 35.6 Å². The van der Waals surface area contributed by atoms with Crippen molar-refractivity contribution in [3.8, 4) is 0 Å². The van der Waals surface area contributed by atoms with E-state index in [9.17, 15) is 13.2 Å². The molecule has 2 rings (SSSR count). The third-order valence-electron chi connectivity index (χ3n) is 3.17. The van der Waals surface area contributed by atoms with Crippen LogP contribution in [0.4, 0.5) is 0 Å². The zero-order valence-electron chi connectivity index (χ0n) is 10.5. The molecule has 1 saturated carbocycles. The van der Waals surface area contributed by atoms with Crippen LogP contribution in [-0.4, -0.2) is 33.6 Å². The van der Waals surface area contributed by atoms with Crippen LogP contribution in [0.15, 0.2) is 15.7 Å². The van der Waals surface area contributed by atoms with Crippen molar-refractivity contribution in [1.29, 1.82) is 0 Å². The second-order valence-corrected chi connectivity index (χ2v) is 7.24. The van der Waals surface area contributed by atoms with Crippen molar-refractivity contribution in [3.05, 3.63) is 17.0 Å². The van der Waals surface area contributed by atoms with E-state index in [1.165, 1.54) is 11.4 Å². The van der Waals surface area contributed by atoms with Gasteiger partial charge in [-0.05, 0) is 25.3 Å². The lowest BCUT2D eigenvalue weighted by molar-refractivity contribution is 0.0915. The van der Waals surface area contributed by atoms with Gasteiger partial charge >= 0.3 is 0 Å². The molecule has 8 heteroatoms. The highest BCUT2D eigenvalue weighted by Crippen LogP contribution is 2.23. The number of carbonyl (C=O) groups is 1. The molecule has 2 unspecified atom stereocenters. The first kappa shape index (κ1) is 14.4. The molecule has 0 aliphatic heterocycles. The van der Waals surface area contributed by atoms with E-state index in [0.717, 1.165) is 30.6 Å². The number of carbonyl (C=O) groups excluding carboxylic acids is 1. The predicted octanol–water partition coefficient (Wildman–Crippen LogP) is 0.693. The number of thiophene rings is 1. The van der Waals surface area contributed by atoms with Crippen LogP contribution in [0.2, 0.25) is 0 Å². The molecule has 0 spiro atoms. The van der Waals surface area contributed by atoms with Crippen LogP contribution in [0.25, 0.3) is 0 Å². The number of sulfonamides is 1. The van der Waals surface area contributed by atoms with Gasteiger partial charge in [0.05, 0.1) is 11.7 Å². The standard InChI is InChI=1S/C11H16N2O4S2/c1-17-9-3-2-8(5-9)13-11(14)7-4-10(18-6-7)19(12,15)16/h4,6,8-9H,2-3,5H2,1H3,(H,13,14)(H2,12,15,16). The molecule has 1 aliphatic rings. The third kappa shape index (κ3) is 3.53. The molecule has 1 fully saturated rings. The van der Waals surface area contributed by atoms with Gasteiger partial charge in [0.2, 0.25) is 10.0 Å². The van der Waals surface area contributed by atoms with Gasteiger partial charge in [-0.25, -0.2) is 13.6 Å². The Hall–Kier alpha value is -0.960. The predicted molar refractivity (Wildman–Crippen MR) is 71.6 cm³/mol. The smallest absolute Gasteiger partial charge is 0.252 e. The number of nitrogens with two attached hydrogens (primary N) is 1. The molecule has 106 valence electrons. The van der Waals surface area contributed by atoms with Crippen LogP contribution in [0, 0.1) is 0 Å². The van der Waals surface area contributed by atoms with Crippen LogP contribution in [-0.2, 0) is 14.8 Å². The molecule has 1 amide bonds. The van der Waals surface area contributed by atoms with Gasteiger partial charge in [-0.1, -0.05) is 0 Å². The van der Waals surface area contributed by atoms with E-state index < -0.39 is 10.0 Å². The number of hydrogen-bond donors (Lipinski definition) is 2. The van der Waals surface area contributed by atoms with Gasteiger partial charge in [0.25, 0.3) is 5.91 Å². The van der Waals surface area contributed by atoms with E-state index in [0.29, 0.717) is 5.56 Å². The summed E-state index contributed by atoms with van der Waals surface area (Å²) in [4.78, 5) is 12.0. The lowest BCUT2D eigenvalue weighted by Gasteiger charge is -2.12. The van der Waals surface area contributed by atoms with Crippen molar-refractivity contribution < 1.29 is 17.9 Å². The van der Waals surface area contributed by atoms with E-state index in [1.807, 2.05) is 0 Å². The monoisotopic (exact) mass is 304 g/mol. The largest absolute Gasteiger partial charge is 0.381 e. The lowest BCUT2D eigenvalue weighted by Crippen LogP contribution is -2.33. The summed E-state index contributed by atoms with van der Waals surface area (Å²) in [6, 6.07) is 1.38. The molecule has 0 bridgehead atoms. The molecule has 3 N–H and O–H groups in total. The van der Waals surface area contributed by atoms with Crippen LogP contribution in [0.1, 0.15) is 29.6 Å². The zero-order valence-corrected chi connectivity index (χ0v) is 12.1. The minimum atomic E-state index is -3.74. The Morgan fingerprint density at radius 2 is 2.26 bits per heavy atom. The molecule has 1 aromatic rings. The first-order chi connectivity index (χ1) is 8.90. The minimum absolute atomic E-state index is 0.00107. The number of nitrogens with one attached hydrogen (secondary N) is 1. The quantitative estimate of drug-likeness (QED) is 0.855. The van der Waals surface area contributed by atoms with Gasteiger partial charge in [-0.3, -0.25) is 4.79 Å². The fraction of sp³-hybridized carbons (Fsp3) is 0.545. The average molecular weight is 304 g/mol. The highest BCUT2D eigenvalue weighted by molar-refractivity contribution is 7.91. The normalized spacial score (nSPS) is 23.5. The summed E-state index contributed by atoms with van der Waals surface area (Å²) >= 11 is 0.949. The van der Waals surface area contributed by atoms with Crippen molar-refractivity contribution in [1.82, 2.24) is 5.32 Å². The summed E-state index contributed by atoms with van der Waals surface area (Å²) < 4.78 is 27.5. The Morgan fingerprint density at radius 3 is 2.79 bits per heavy atom. The van der Waals surface area contributed by atoms with E-state index in [1.54, 1.807) is 7.11 Å². The maximum atomic E-state index is 12.0. The molecule has 2 atom stereocenters.